The van der Waals surface area contributed by atoms with E-state index in [9.17, 15) is 18.0 Å². The molecule has 0 radical (unpaired) electrons. The first-order valence-corrected chi connectivity index (χ1v) is 9.96. The number of sulfonamides is 1. The number of primary amides is 1. The fraction of sp³-hybridized carbons (Fsp3) is 0.529. The SMILES string of the molecule is C[C@H]1CCCCN1S(=O)(=O)c1ccc(N2C[C@H](C(N)=O)CC2=O)cc1. The first-order valence-electron chi connectivity index (χ1n) is 8.52. The van der Waals surface area contributed by atoms with Gasteiger partial charge in [0, 0.05) is 31.2 Å². The molecule has 25 heavy (non-hydrogen) atoms. The van der Waals surface area contributed by atoms with Gasteiger partial charge in [-0.15, -0.1) is 0 Å². The van der Waals surface area contributed by atoms with Crippen LogP contribution in [0.3, 0.4) is 0 Å². The van der Waals surface area contributed by atoms with E-state index in [0.717, 1.165) is 19.3 Å². The Morgan fingerprint density at radius 1 is 1.20 bits per heavy atom. The van der Waals surface area contributed by atoms with Crippen molar-refractivity contribution in [3.63, 3.8) is 0 Å². The van der Waals surface area contributed by atoms with Crippen LogP contribution in [0.5, 0.6) is 0 Å². The largest absolute Gasteiger partial charge is 0.369 e. The fourth-order valence-corrected chi connectivity index (χ4v) is 5.21. The number of amides is 2. The standard InChI is InChI=1S/C17H23N3O4S/c1-12-4-2-3-9-20(12)25(23,24)15-7-5-14(6-8-15)19-11-13(17(18)22)10-16(19)21/h5-8,12-13H,2-4,9-11H2,1H3,(H2,18,22)/t12-,13+/m0/s1. The van der Waals surface area contributed by atoms with Crippen molar-refractivity contribution in [2.75, 3.05) is 18.0 Å². The van der Waals surface area contributed by atoms with E-state index < -0.39 is 21.8 Å². The highest BCUT2D eigenvalue weighted by Crippen LogP contribution is 2.29. The zero-order valence-corrected chi connectivity index (χ0v) is 15.0. The summed E-state index contributed by atoms with van der Waals surface area (Å²) in [7, 11) is -3.53. The maximum Gasteiger partial charge on any atom is 0.243 e. The summed E-state index contributed by atoms with van der Waals surface area (Å²) in [5.74, 6) is -1.16. The van der Waals surface area contributed by atoms with Crippen LogP contribution in [-0.4, -0.2) is 43.7 Å². The summed E-state index contributed by atoms with van der Waals surface area (Å²) in [5.41, 5.74) is 5.86. The van der Waals surface area contributed by atoms with Gasteiger partial charge in [-0.2, -0.15) is 4.31 Å². The topological polar surface area (TPSA) is 101 Å². The third kappa shape index (κ3) is 3.41. The molecule has 2 fully saturated rings. The van der Waals surface area contributed by atoms with E-state index in [-0.39, 0.29) is 29.8 Å². The molecule has 0 bridgehead atoms. The van der Waals surface area contributed by atoms with E-state index in [1.165, 1.54) is 17.0 Å². The Kier molecular flexibility index (Phi) is 4.83. The smallest absolute Gasteiger partial charge is 0.243 e. The number of piperidine rings is 1. The zero-order valence-electron chi connectivity index (χ0n) is 14.2. The average Bonchev–Trinajstić information content (AvgIpc) is 2.97. The van der Waals surface area contributed by atoms with E-state index in [0.29, 0.717) is 12.2 Å². The molecule has 8 heteroatoms. The lowest BCUT2D eigenvalue weighted by Gasteiger charge is -2.32. The minimum absolute atomic E-state index is 0.00471. The molecule has 136 valence electrons. The van der Waals surface area contributed by atoms with Crippen molar-refractivity contribution in [3.8, 4) is 0 Å². The van der Waals surface area contributed by atoms with Gasteiger partial charge in [-0.1, -0.05) is 6.42 Å². The molecule has 2 amide bonds. The third-order valence-corrected chi connectivity index (χ3v) is 7.05. The van der Waals surface area contributed by atoms with Gasteiger partial charge < -0.3 is 10.6 Å². The number of benzene rings is 1. The molecule has 2 atom stereocenters. The van der Waals surface area contributed by atoms with E-state index in [1.807, 2.05) is 6.92 Å². The summed E-state index contributed by atoms with van der Waals surface area (Å²) < 4.78 is 27.2. The second-order valence-corrected chi connectivity index (χ2v) is 8.65. The third-order valence-electron chi connectivity index (χ3n) is 5.02. The van der Waals surface area contributed by atoms with E-state index in [1.54, 1.807) is 16.4 Å². The van der Waals surface area contributed by atoms with Crippen molar-refractivity contribution in [2.45, 2.75) is 43.5 Å². The lowest BCUT2D eigenvalue weighted by atomic mass is 10.1. The Hall–Kier alpha value is -1.93. The molecule has 1 aromatic rings. The molecule has 0 unspecified atom stereocenters. The van der Waals surface area contributed by atoms with Gasteiger partial charge in [-0.25, -0.2) is 8.42 Å². The van der Waals surface area contributed by atoms with Crippen LogP contribution in [0.4, 0.5) is 5.69 Å². The van der Waals surface area contributed by atoms with E-state index in [2.05, 4.69) is 0 Å². The summed E-state index contributed by atoms with van der Waals surface area (Å²) in [6, 6.07) is 6.27. The van der Waals surface area contributed by atoms with Gasteiger partial charge in [-0.05, 0) is 44.0 Å². The molecule has 0 aromatic heterocycles. The van der Waals surface area contributed by atoms with Crippen molar-refractivity contribution in [3.05, 3.63) is 24.3 Å². The highest BCUT2D eigenvalue weighted by atomic mass is 32.2. The summed E-state index contributed by atoms with van der Waals surface area (Å²) in [6.07, 6.45) is 2.89. The lowest BCUT2D eigenvalue weighted by molar-refractivity contribution is -0.123. The number of rotatable bonds is 4. The highest BCUT2D eigenvalue weighted by Gasteiger charge is 2.35. The Morgan fingerprint density at radius 3 is 2.44 bits per heavy atom. The molecular formula is C17H23N3O4S. The maximum atomic E-state index is 12.8. The van der Waals surface area contributed by atoms with E-state index in [4.69, 9.17) is 5.73 Å². The van der Waals surface area contributed by atoms with Crippen LogP contribution in [0.25, 0.3) is 0 Å². The van der Waals surface area contributed by atoms with Crippen LogP contribution in [0.2, 0.25) is 0 Å². The van der Waals surface area contributed by atoms with E-state index >= 15 is 0 Å². The highest BCUT2D eigenvalue weighted by molar-refractivity contribution is 7.89. The number of carbonyl (C=O) groups excluding carboxylic acids is 2. The average molecular weight is 365 g/mol. The maximum absolute atomic E-state index is 12.8. The zero-order chi connectivity index (χ0) is 18.2. The van der Waals surface area contributed by atoms with Crippen molar-refractivity contribution in [2.24, 2.45) is 11.7 Å². The first-order chi connectivity index (χ1) is 11.8. The van der Waals surface area contributed by atoms with Crippen molar-refractivity contribution in [1.82, 2.24) is 4.31 Å². The van der Waals surface area contributed by atoms with Crippen molar-refractivity contribution < 1.29 is 18.0 Å². The Labute approximate surface area is 147 Å². The first kappa shape index (κ1) is 17.9. The Morgan fingerprint density at radius 2 is 1.88 bits per heavy atom. The van der Waals surface area contributed by atoms with Gasteiger partial charge in [0.1, 0.15) is 0 Å². The molecule has 7 nitrogen and oxygen atoms in total. The van der Waals surface area contributed by atoms with Crippen LogP contribution in [0.1, 0.15) is 32.6 Å². The molecule has 1 aromatic carbocycles. The summed E-state index contributed by atoms with van der Waals surface area (Å²) >= 11 is 0. The van der Waals surface area contributed by atoms with Crippen molar-refractivity contribution in [1.29, 1.82) is 0 Å². The molecule has 2 N–H and O–H groups in total. The van der Waals surface area contributed by atoms with Crippen LogP contribution in [0, 0.1) is 5.92 Å². The summed E-state index contributed by atoms with van der Waals surface area (Å²) in [5, 5.41) is 0. The van der Waals surface area contributed by atoms with Gasteiger partial charge in [0.15, 0.2) is 0 Å². The number of nitrogens with two attached hydrogens (primary N) is 1. The fourth-order valence-electron chi connectivity index (χ4n) is 3.51. The Bertz CT molecular complexity index is 776. The number of nitrogens with zero attached hydrogens (tertiary/aromatic N) is 2. The summed E-state index contributed by atoms with van der Waals surface area (Å²) in [4.78, 5) is 25.0. The molecule has 0 spiro atoms. The lowest BCUT2D eigenvalue weighted by Crippen LogP contribution is -2.41. The minimum atomic E-state index is -3.53. The second-order valence-electron chi connectivity index (χ2n) is 6.76. The van der Waals surface area contributed by atoms with Gasteiger partial charge in [0.25, 0.3) is 0 Å². The van der Waals surface area contributed by atoms with Crippen LogP contribution in [-0.2, 0) is 19.6 Å². The van der Waals surface area contributed by atoms with Gasteiger partial charge in [0.05, 0.1) is 10.8 Å². The monoisotopic (exact) mass is 365 g/mol. The molecule has 2 aliphatic heterocycles. The number of hydrogen-bond acceptors (Lipinski definition) is 4. The van der Waals surface area contributed by atoms with Crippen LogP contribution >= 0.6 is 0 Å². The molecule has 0 saturated carbocycles. The molecule has 3 rings (SSSR count). The van der Waals surface area contributed by atoms with Crippen LogP contribution in [0.15, 0.2) is 29.2 Å². The quantitative estimate of drug-likeness (QED) is 0.863. The predicted molar refractivity (Wildman–Crippen MR) is 93.3 cm³/mol. The molecule has 2 aliphatic rings. The van der Waals surface area contributed by atoms with Gasteiger partial charge in [0.2, 0.25) is 21.8 Å². The number of hydrogen-bond donors (Lipinski definition) is 1. The number of anilines is 1. The predicted octanol–water partition coefficient (Wildman–Crippen LogP) is 1.09. The molecule has 2 saturated heterocycles. The number of carbonyl (C=O) groups is 2. The molecule has 0 aliphatic carbocycles. The van der Waals surface area contributed by atoms with Crippen LogP contribution < -0.4 is 10.6 Å². The minimum Gasteiger partial charge on any atom is -0.369 e. The Balaban J connectivity index is 1.80. The molecule has 2 heterocycles. The second kappa shape index (κ2) is 6.76. The summed E-state index contributed by atoms with van der Waals surface area (Å²) in [6.45, 7) is 2.71. The van der Waals surface area contributed by atoms with Crippen molar-refractivity contribution >= 4 is 27.5 Å². The molecular weight excluding hydrogens is 342 g/mol. The van der Waals surface area contributed by atoms with Gasteiger partial charge in [-0.3, -0.25) is 9.59 Å². The normalized spacial score (nSPS) is 25.3. The van der Waals surface area contributed by atoms with Gasteiger partial charge >= 0.3 is 0 Å².